The minimum atomic E-state index is 0.332. The number of hydrogen-bond acceptors (Lipinski definition) is 2. The van der Waals surface area contributed by atoms with Crippen LogP contribution in [-0.2, 0) is 0 Å². The summed E-state index contributed by atoms with van der Waals surface area (Å²) < 4.78 is 0. The smallest absolute Gasteiger partial charge is 0.0431 e. The van der Waals surface area contributed by atoms with Crippen LogP contribution < -0.4 is 0 Å². The van der Waals surface area contributed by atoms with Gasteiger partial charge < -0.3 is 5.11 Å². The number of rotatable bonds is 10. The van der Waals surface area contributed by atoms with E-state index in [1.807, 2.05) is 0 Å². The molecule has 0 aliphatic heterocycles. The zero-order chi connectivity index (χ0) is 14.0. The van der Waals surface area contributed by atoms with Crippen molar-refractivity contribution in [1.82, 2.24) is 4.90 Å². The van der Waals surface area contributed by atoms with Gasteiger partial charge in [0.05, 0.1) is 0 Å². The highest BCUT2D eigenvalue weighted by Gasteiger charge is 2.13. The Morgan fingerprint density at radius 3 is 2.60 bits per heavy atom. The van der Waals surface area contributed by atoms with E-state index in [1.54, 1.807) is 0 Å². The highest BCUT2D eigenvalue weighted by molar-refractivity contribution is 5.27. The molecule has 2 rings (SSSR count). The molecule has 0 fully saturated rings. The van der Waals surface area contributed by atoms with Gasteiger partial charge in [-0.1, -0.05) is 55.4 Å². The van der Waals surface area contributed by atoms with Crippen LogP contribution in [0.4, 0.5) is 0 Å². The second kappa shape index (κ2) is 8.93. The average Bonchev–Trinajstić information content (AvgIpc) is 3.12. The standard InChI is InChI=1S/C18H27NO/c20-14-8-2-1-7-13-19(15-17-9-3-4-10-17)16-18-11-5-6-12-18/h3-5,9-12,17,20H,1-2,6-8,13-16H2. The van der Waals surface area contributed by atoms with Crippen LogP contribution in [0.2, 0.25) is 0 Å². The molecule has 110 valence electrons. The molecule has 0 heterocycles. The second-order valence-corrected chi connectivity index (χ2v) is 5.72. The van der Waals surface area contributed by atoms with Gasteiger partial charge in [0.25, 0.3) is 0 Å². The number of hydrogen-bond donors (Lipinski definition) is 1. The van der Waals surface area contributed by atoms with Crippen LogP contribution in [0.3, 0.4) is 0 Å². The molecule has 2 aliphatic carbocycles. The molecule has 0 unspecified atom stereocenters. The Morgan fingerprint density at radius 2 is 1.90 bits per heavy atom. The second-order valence-electron chi connectivity index (χ2n) is 5.72. The van der Waals surface area contributed by atoms with Crippen LogP contribution in [0.25, 0.3) is 0 Å². The monoisotopic (exact) mass is 273 g/mol. The third kappa shape index (κ3) is 5.48. The zero-order valence-corrected chi connectivity index (χ0v) is 12.4. The fourth-order valence-electron chi connectivity index (χ4n) is 2.82. The van der Waals surface area contributed by atoms with E-state index in [4.69, 9.17) is 5.11 Å². The largest absolute Gasteiger partial charge is 0.396 e. The Hall–Kier alpha value is -1.12. The number of unbranched alkanes of at least 4 members (excludes halogenated alkanes) is 3. The summed E-state index contributed by atoms with van der Waals surface area (Å²) in [7, 11) is 0. The Balaban J connectivity index is 1.74. The van der Waals surface area contributed by atoms with E-state index >= 15 is 0 Å². The van der Waals surface area contributed by atoms with E-state index in [0.717, 1.165) is 38.9 Å². The van der Waals surface area contributed by atoms with E-state index in [9.17, 15) is 0 Å². The van der Waals surface area contributed by atoms with Crippen LogP contribution in [0.5, 0.6) is 0 Å². The van der Waals surface area contributed by atoms with Crippen molar-refractivity contribution in [2.24, 2.45) is 5.92 Å². The molecule has 20 heavy (non-hydrogen) atoms. The van der Waals surface area contributed by atoms with Gasteiger partial charge in [0, 0.05) is 25.6 Å². The fraction of sp³-hybridized carbons (Fsp3) is 0.556. The first kappa shape index (κ1) is 15.3. The summed E-state index contributed by atoms with van der Waals surface area (Å²) in [5.74, 6) is 0.582. The molecule has 2 heteroatoms. The third-order valence-corrected chi connectivity index (χ3v) is 3.93. The van der Waals surface area contributed by atoms with Gasteiger partial charge in [-0.3, -0.25) is 4.90 Å². The highest BCUT2D eigenvalue weighted by atomic mass is 16.2. The van der Waals surface area contributed by atoms with Gasteiger partial charge in [-0.15, -0.1) is 0 Å². The summed E-state index contributed by atoms with van der Waals surface area (Å²) in [6.07, 6.45) is 21.4. The third-order valence-electron chi connectivity index (χ3n) is 3.93. The van der Waals surface area contributed by atoms with Crippen LogP contribution in [-0.4, -0.2) is 36.2 Å². The predicted octanol–water partition coefficient (Wildman–Crippen LogP) is 3.47. The Kier molecular flexibility index (Phi) is 6.82. The molecule has 0 amide bonds. The average molecular weight is 273 g/mol. The first-order valence-electron chi connectivity index (χ1n) is 7.92. The molecule has 0 saturated carbocycles. The van der Waals surface area contributed by atoms with E-state index in [2.05, 4.69) is 47.4 Å². The summed E-state index contributed by atoms with van der Waals surface area (Å²) in [4.78, 5) is 2.57. The van der Waals surface area contributed by atoms with Crippen LogP contribution in [0.15, 0.2) is 48.1 Å². The highest BCUT2D eigenvalue weighted by Crippen LogP contribution is 2.16. The molecule has 0 spiro atoms. The molecule has 0 aromatic rings. The Labute approximate surface area is 123 Å². The maximum atomic E-state index is 8.81. The van der Waals surface area contributed by atoms with Crippen LogP contribution in [0.1, 0.15) is 32.1 Å². The summed E-state index contributed by atoms with van der Waals surface area (Å²) in [5, 5.41) is 8.81. The number of aliphatic hydroxyl groups is 1. The van der Waals surface area contributed by atoms with Gasteiger partial charge in [0.15, 0.2) is 0 Å². The van der Waals surface area contributed by atoms with Crippen LogP contribution >= 0.6 is 0 Å². The van der Waals surface area contributed by atoms with E-state index < -0.39 is 0 Å². The molecule has 2 aliphatic rings. The van der Waals surface area contributed by atoms with Crippen molar-refractivity contribution >= 4 is 0 Å². The summed E-state index contributed by atoms with van der Waals surface area (Å²) in [5.41, 5.74) is 1.46. The lowest BCUT2D eigenvalue weighted by atomic mass is 10.1. The summed E-state index contributed by atoms with van der Waals surface area (Å²) in [6.45, 7) is 3.70. The maximum absolute atomic E-state index is 8.81. The first-order chi connectivity index (χ1) is 9.88. The van der Waals surface area contributed by atoms with Gasteiger partial charge in [-0.05, 0) is 31.4 Å². The van der Waals surface area contributed by atoms with Crippen molar-refractivity contribution in [2.45, 2.75) is 32.1 Å². The van der Waals surface area contributed by atoms with E-state index in [-0.39, 0.29) is 0 Å². The van der Waals surface area contributed by atoms with Gasteiger partial charge in [-0.25, -0.2) is 0 Å². The lowest BCUT2D eigenvalue weighted by Gasteiger charge is -2.24. The molecule has 0 atom stereocenters. The first-order valence-corrected chi connectivity index (χ1v) is 7.92. The maximum Gasteiger partial charge on any atom is 0.0431 e. The topological polar surface area (TPSA) is 23.5 Å². The SMILES string of the molecule is OCCCCCCN(CC1=CCC=C1)CC1C=CC=C1. The molecule has 1 N–H and O–H groups in total. The van der Waals surface area contributed by atoms with Crippen molar-refractivity contribution in [3.05, 3.63) is 48.1 Å². The van der Waals surface area contributed by atoms with Gasteiger partial charge in [0.2, 0.25) is 0 Å². The van der Waals surface area contributed by atoms with E-state index in [0.29, 0.717) is 12.5 Å². The van der Waals surface area contributed by atoms with Crippen LogP contribution in [0, 0.1) is 5.92 Å². The Morgan fingerprint density at radius 1 is 1.10 bits per heavy atom. The van der Waals surface area contributed by atoms with Crippen molar-refractivity contribution in [3.8, 4) is 0 Å². The molecule has 2 nitrogen and oxygen atoms in total. The van der Waals surface area contributed by atoms with Crippen molar-refractivity contribution < 1.29 is 5.11 Å². The van der Waals surface area contributed by atoms with Gasteiger partial charge >= 0.3 is 0 Å². The lowest BCUT2D eigenvalue weighted by Crippen LogP contribution is -2.30. The quantitative estimate of drug-likeness (QED) is 0.616. The van der Waals surface area contributed by atoms with Crippen molar-refractivity contribution in [2.75, 3.05) is 26.2 Å². The zero-order valence-electron chi connectivity index (χ0n) is 12.4. The van der Waals surface area contributed by atoms with Crippen molar-refractivity contribution in [1.29, 1.82) is 0 Å². The summed E-state index contributed by atoms with van der Waals surface area (Å²) in [6, 6.07) is 0. The van der Waals surface area contributed by atoms with Gasteiger partial charge in [-0.2, -0.15) is 0 Å². The molecule has 0 bridgehead atoms. The number of nitrogens with zero attached hydrogens (tertiary/aromatic N) is 1. The summed E-state index contributed by atoms with van der Waals surface area (Å²) >= 11 is 0. The molecule has 0 saturated heterocycles. The molecule has 0 aromatic heterocycles. The molecule has 0 radical (unpaired) electrons. The molecule has 0 aromatic carbocycles. The fourth-order valence-corrected chi connectivity index (χ4v) is 2.82. The van der Waals surface area contributed by atoms with Gasteiger partial charge in [0.1, 0.15) is 0 Å². The number of aliphatic hydroxyl groups excluding tert-OH is 1. The molecular formula is C18H27NO. The molecular weight excluding hydrogens is 246 g/mol. The number of allylic oxidation sites excluding steroid dienone is 4. The van der Waals surface area contributed by atoms with Crippen molar-refractivity contribution in [3.63, 3.8) is 0 Å². The van der Waals surface area contributed by atoms with E-state index in [1.165, 1.54) is 18.4 Å². The predicted molar refractivity (Wildman–Crippen MR) is 85.6 cm³/mol. The minimum absolute atomic E-state index is 0.332. The normalized spacial score (nSPS) is 17.6. The lowest BCUT2D eigenvalue weighted by molar-refractivity contribution is 0.266. The minimum Gasteiger partial charge on any atom is -0.396 e. The Bertz CT molecular complexity index is 380.